The van der Waals surface area contributed by atoms with Crippen LogP contribution in [-0.4, -0.2) is 47.1 Å². The summed E-state index contributed by atoms with van der Waals surface area (Å²) in [6.07, 6.45) is -0.138. The average molecular weight is 571 g/mol. The van der Waals surface area contributed by atoms with E-state index < -0.39 is 11.9 Å². The zero-order chi connectivity index (χ0) is 27.3. The van der Waals surface area contributed by atoms with Crippen LogP contribution in [0.1, 0.15) is 42.8 Å². The first kappa shape index (κ1) is 27.5. The maximum atomic E-state index is 13.4. The van der Waals surface area contributed by atoms with Gasteiger partial charge in [-0.1, -0.05) is 38.1 Å². The number of hydrogen-bond donors (Lipinski definition) is 2. The number of rotatable bonds is 6. The van der Waals surface area contributed by atoms with Crippen LogP contribution in [-0.2, 0) is 12.7 Å². The smallest absolute Gasteiger partial charge is 0.325 e. The van der Waals surface area contributed by atoms with Crippen LogP contribution in [0, 0.1) is 0 Å². The Kier molecular flexibility index (Phi) is 7.23. The number of fused-ring (bicyclic) bond motifs is 1. The van der Waals surface area contributed by atoms with Gasteiger partial charge in [0.1, 0.15) is 11.3 Å². The summed E-state index contributed by atoms with van der Waals surface area (Å²) in [4.78, 5) is 33.1. The molecule has 1 aliphatic rings. The van der Waals surface area contributed by atoms with Crippen LogP contribution in [0.15, 0.2) is 59.8 Å². The molecule has 6 rings (SSSR count). The first-order chi connectivity index (χ1) is 18.7. The van der Waals surface area contributed by atoms with Crippen molar-refractivity contribution in [1.29, 1.82) is 0 Å². The van der Waals surface area contributed by atoms with E-state index in [1.54, 1.807) is 41.2 Å². The quantitative estimate of drug-likeness (QED) is 0.304. The maximum Gasteiger partial charge on any atom is 0.434 e. The van der Waals surface area contributed by atoms with Crippen molar-refractivity contribution < 1.29 is 13.2 Å². The van der Waals surface area contributed by atoms with Crippen molar-refractivity contribution in [3.05, 3.63) is 82.4 Å². The lowest BCUT2D eigenvalue weighted by Gasteiger charge is -2.29. The fourth-order valence-corrected chi connectivity index (χ4v) is 4.72. The molecule has 5 aromatic rings. The van der Waals surface area contributed by atoms with Gasteiger partial charge in [0.05, 0.1) is 24.5 Å². The fourth-order valence-electron chi connectivity index (χ4n) is 4.72. The molecule has 40 heavy (non-hydrogen) atoms. The molecule has 0 saturated carbocycles. The van der Waals surface area contributed by atoms with Crippen LogP contribution < -0.4 is 11.0 Å². The van der Waals surface area contributed by atoms with Crippen molar-refractivity contribution in [2.24, 2.45) is 0 Å². The summed E-state index contributed by atoms with van der Waals surface area (Å²) in [6, 6.07) is 10.7. The molecule has 0 atom stereocenters. The van der Waals surface area contributed by atoms with E-state index in [1.807, 2.05) is 26.0 Å². The first-order valence-electron chi connectivity index (χ1n) is 12.6. The zero-order valence-corrected chi connectivity index (χ0v) is 22.4. The zero-order valence-electron chi connectivity index (χ0n) is 21.6. The Morgan fingerprint density at radius 1 is 1.07 bits per heavy atom. The third-order valence-electron chi connectivity index (χ3n) is 6.87. The Balaban J connectivity index is 0.00000323. The lowest BCUT2D eigenvalue weighted by Crippen LogP contribution is -2.43. The fraction of sp³-hybridized carbons (Fsp3) is 0.296. The summed E-state index contributed by atoms with van der Waals surface area (Å²) in [5, 5.41) is 3.08. The third kappa shape index (κ3) is 5.00. The summed E-state index contributed by atoms with van der Waals surface area (Å²) in [6.45, 7) is 5.47. The van der Waals surface area contributed by atoms with Gasteiger partial charge in [-0.25, -0.2) is 19.7 Å². The second kappa shape index (κ2) is 10.5. The molecule has 1 fully saturated rings. The Morgan fingerprint density at radius 3 is 2.48 bits per heavy atom. The number of pyridine rings is 1. The summed E-state index contributed by atoms with van der Waals surface area (Å²) in [5.41, 5.74) is 2.72. The second-order valence-electron chi connectivity index (χ2n) is 9.90. The molecule has 1 aromatic carbocycles. The molecule has 4 aromatic heterocycles. The van der Waals surface area contributed by atoms with Gasteiger partial charge in [-0.05, 0) is 23.6 Å². The van der Waals surface area contributed by atoms with Gasteiger partial charge in [0.15, 0.2) is 17.2 Å². The van der Waals surface area contributed by atoms with Crippen LogP contribution in [0.2, 0.25) is 0 Å². The lowest BCUT2D eigenvalue weighted by atomic mass is 10.0. The van der Waals surface area contributed by atoms with Gasteiger partial charge in [-0.2, -0.15) is 13.2 Å². The molecular formula is C27H26ClF3N8O. The van der Waals surface area contributed by atoms with E-state index in [2.05, 4.69) is 25.3 Å². The Morgan fingerprint density at radius 2 is 1.82 bits per heavy atom. The molecule has 208 valence electrons. The van der Waals surface area contributed by atoms with Gasteiger partial charge in [0.25, 0.3) is 0 Å². The molecule has 0 aliphatic carbocycles. The molecule has 0 bridgehead atoms. The molecule has 0 unspecified atom stereocenters. The SMILES string of the molecule is CC(C)c1ncccc1-c1ncc2[nH]c(=O)n(Cc3ccc(-c4nc(C(F)(F)F)cn4C4CNC4)cc3)c2n1.Cl. The van der Waals surface area contributed by atoms with Crippen molar-refractivity contribution in [3.63, 3.8) is 0 Å². The molecule has 9 nitrogen and oxygen atoms in total. The lowest BCUT2D eigenvalue weighted by molar-refractivity contribution is -0.140. The highest BCUT2D eigenvalue weighted by atomic mass is 35.5. The van der Waals surface area contributed by atoms with E-state index >= 15 is 0 Å². The summed E-state index contributed by atoms with van der Waals surface area (Å²) < 4.78 is 43.2. The number of imidazole rings is 2. The largest absolute Gasteiger partial charge is 0.434 e. The van der Waals surface area contributed by atoms with E-state index in [0.717, 1.165) is 23.0 Å². The van der Waals surface area contributed by atoms with Crippen molar-refractivity contribution in [2.75, 3.05) is 13.1 Å². The Bertz CT molecular complexity index is 1720. The van der Waals surface area contributed by atoms with Crippen LogP contribution in [0.4, 0.5) is 13.2 Å². The van der Waals surface area contributed by atoms with Gasteiger partial charge in [0.2, 0.25) is 0 Å². The molecular weight excluding hydrogens is 545 g/mol. The number of aromatic nitrogens is 7. The standard InChI is InChI=1S/C27H25F3N8O.ClH/c1-15(2)22-19(4-3-9-32-22)23-33-12-20-25(36-23)38(26(39)34-20)13-16-5-7-17(8-6-16)24-35-21(27(28,29)30)14-37(24)18-10-31-11-18;/h3-9,12,14-15,18,31H,10-11,13H2,1-2H3,(H,34,39);1H. The van der Waals surface area contributed by atoms with E-state index in [1.165, 1.54) is 4.57 Å². The average Bonchev–Trinajstić information content (AvgIpc) is 3.45. The summed E-state index contributed by atoms with van der Waals surface area (Å²) in [7, 11) is 0. The minimum absolute atomic E-state index is 0. The maximum absolute atomic E-state index is 13.4. The van der Waals surface area contributed by atoms with Crippen molar-refractivity contribution in [3.8, 4) is 22.8 Å². The second-order valence-corrected chi connectivity index (χ2v) is 9.90. The molecule has 13 heteroatoms. The van der Waals surface area contributed by atoms with Crippen molar-refractivity contribution >= 4 is 23.6 Å². The molecule has 0 radical (unpaired) electrons. The number of H-pyrrole nitrogens is 1. The molecule has 2 N–H and O–H groups in total. The van der Waals surface area contributed by atoms with Gasteiger partial charge >= 0.3 is 11.9 Å². The van der Waals surface area contributed by atoms with E-state index in [-0.39, 0.29) is 42.4 Å². The Hall–Kier alpha value is -4.03. The van der Waals surface area contributed by atoms with Gasteiger partial charge in [0, 0.05) is 36.6 Å². The minimum atomic E-state index is -4.53. The van der Waals surface area contributed by atoms with E-state index in [0.29, 0.717) is 35.6 Å². The number of alkyl halides is 3. The highest BCUT2D eigenvalue weighted by Gasteiger charge is 2.36. The molecule has 0 spiro atoms. The number of halogens is 4. The van der Waals surface area contributed by atoms with Gasteiger partial charge in [-0.3, -0.25) is 9.55 Å². The molecule has 1 aliphatic heterocycles. The monoisotopic (exact) mass is 570 g/mol. The van der Waals surface area contributed by atoms with Crippen molar-refractivity contribution in [2.45, 2.75) is 38.5 Å². The van der Waals surface area contributed by atoms with Crippen LogP contribution in [0.3, 0.4) is 0 Å². The van der Waals surface area contributed by atoms with Crippen LogP contribution in [0.5, 0.6) is 0 Å². The van der Waals surface area contributed by atoms with Crippen molar-refractivity contribution in [1.82, 2.24) is 39.4 Å². The number of benzene rings is 1. The minimum Gasteiger partial charge on any atom is -0.325 e. The van der Waals surface area contributed by atoms with Gasteiger partial charge < -0.3 is 14.9 Å². The molecule has 5 heterocycles. The molecule has 1 saturated heterocycles. The van der Waals surface area contributed by atoms with Crippen LogP contribution in [0.25, 0.3) is 33.9 Å². The predicted octanol–water partition coefficient (Wildman–Crippen LogP) is 4.80. The predicted molar refractivity (Wildman–Crippen MR) is 146 cm³/mol. The van der Waals surface area contributed by atoms with Crippen LogP contribution >= 0.6 is 12.4 Å². The van der Waals surface area contributed by atoms with Gasteiger partial charge in [-0.15, -0.1) is 12.4 Å². The number of aromatic amines is 1. The number of hydrogen-bond acceptors (Lipinski definition) is 6. The topological polar surface area (TPSA) is 106 Å². The van der Waals surface area contributed by atoms with E-state index in [9.17, 15) is 18.0 Å². The summed E-state index contributed by atoms with van der Waals surface area (Å²) >= 11 is 0. The highest BCUT2D eigenvalue weighted by molar-refractivity contribution is 5.85. The summed E-state index contributed by atoms with van der Waals surface area (Å²) in [5.74, 6) is 0.899. The third-order valence-corrected chi connectivity index (χ3v) is 6.87. The highest BCUT2D eigenvalue weighted by Crippen LogP contribution is 2.33. The van der Waals surface area contributed by atoms with E-state index in [4.69, 9.17) is 4.98 Å². The molecule has 0 amide bonds. The normalized spacial score (nSPS) is 13.9. The number of nitrogens with one attached hydrogen (secondary N) is 2. The Labute approximate surface area is 232 Å². The number of nitrogens with zero attached hydrogens (tertiary/aromatic N) is 6. The first-order valence-corrected chi connectivity index (χ1v) is 12.6.